The third kappa shape index (κ3) is 3.35. The summed E-state index contributed by atoms with van der Waals surface area (Å²) in [6, 6.07) is 47.3. The van der Waals surface area contributed by atoms with Crippen molar-refractivity contribution in [1.29, 1.82) is 0 Å². The predicted octanol–water partition coefficient (Wildman–Crippen LogP) is 11.2. The zero-order valence-electron chi connectivity index (χ0n) is 25.3. The molecule has 2 aliphatic rings. The van der Waals surface area contributed by atoms with Gasteiger partial charge in [0.1, 0.15) is 5.60 Å². The van der Waals surface area contributed by atoms with Crippen LogP contribution in [0.4, 0.5) is 11.4 Å². The second kappa shape index (κ2) is 9.42. The Morgan fingerprint density at radius 3 is 1.84 bits per heavy atom. The number of benzene rings is 7. The number of hydrogen-bond donors (Lipinski definition) is 0. The average molecular weight is 570 g/mol. The maximum absolute atomic E-state index is 6.67. The summed E-state index contributed by atoms with van der Waals surface area (Å²) in [6.07, 6.45) is 4.52. The molecule has 1 saturated carbocycles. The van der Waals surface area contributed by atoms with Crippen molar-refractivity contribution in [2.75, 3.05) is 12.0 Å². The van der Waals surface area contributed by atoms with Crippen LogP contribution in [-0.2, 0) is 10.3 Å². The number of rotatable bonds is 4. The maximum atomic E-state index is 6.67. The Morgan fingerprint density at radius 2 is 1.18 bits per heavy atom. The highest BCUT2D eigenvalue weighted by atomic mass is 16.5. The topological polar surface area (TPSA) is 12.5 Å². The molecular weight excluding hydrogens is 534 g/mol. The van der Waals surface area contributed by atoms with Gasteiger partial charge in [-0.05, 0) is 98.6 Å². The quantitative estimate of drug-likeness (QED) is 0.196. The van der Waals surface area contributed by atoms with Crippen LogP contribution in [0, 0.1) is 0 Å². The second-order valence-corrected chi connectivity index (χ2v) is 12.9. The Hall–Kier alpha value is -4.66. The van der Waals surface area contributed by atoms with Crippen LogP contribution in [0.15, 0.2) is 127 Å². The van der Waals surface area contributed by atoms with Crippen LogP contribution >= 0.6 is 0 Å². The van der Waals surface area contributed by atoms with E-state index in [1.807, 2.05) is 7.11 Å². The zero-order chi connectivity index (χ0) is 29.5. The van der Waals surface area contributed by atoms with Crippen molar-refractivity contribution >= 4 is 43.7 Å². The standard InChI is InChI=1S/C42H35NO/c1-41-25-9-10-26-42(41,44-2)37-27-31(19-24-38(37)43(41)32-13-7-4-8-14-32)34-21-16-30-17-22-35-33(28-11-5-3-6-12-28)20-15-29-18-23-36(34)40(30)39(29)35/h3-8,11-24,27H,9-10,25-26H2,1-2H3. The van der Waals surface area contributed by atoms with E-state index >= 15 is 0 Å². The molecule has 2 unspecified atom stereocenters. The first-order valence-corrected chi connectivity index (χ1v) is 15.9. The van der Waals surface area contributed by atoms with Gasteiger partial charge in [-0.3, -0.25) is 0 Å². The Bertz CT molecular complexity index is 2190. The first-order chi connectivity index (χ1) is 21.6. The molecule has 9 rings (SSSR count). The number of methoxy groups -OCH3 is 1. The first-order valence-electron chi connectivity index (χ1n) is 15.9. The van der Waals surface area contributed by atoms with Gasteiger partial charge in [0.25, 0.3) is 0 Å². The molecule has 0 radical (unpaired) electrons. The lowest BCUT2D eigenvalue weighted by Crippen LogP contribution is -2.57. The van der Waals surface area contributed by atoms with Crippen molar-refractivity contribution in [3.8, 4) is 22.3 Å². The van der Waals surface area contributed by atoms with E-state index in [0.717, 1.165) is 12.8 Å². The minimum absolute atomic E-state index is 0.154. The molecule has 0 bridgehead atoms. The molecular formula is C42H35NO. The largest absolute Gasteiger partial charge is 0.371 e. The summed E-state index contributed by atoms with van der Waals surface area (Å²) >= 11 is 0. The summed E-state index contributed by atoms with van der Waals surface area (Å²) in [5.74, 6) is 0. The molecule has 2 nitrogen and oxygen atoms in total. The van der Waals surface area contributed by atoms with Crippen molar-refractivity contribution in [3.63, 3.8) is 0 Å². The molecule has 0 amide bonds. The minimum Gasteiger partial charge on any atom is -0.371 e. The van der Waals surface area contributed by atoms with E-state index in [-0.39, 0.29) is 11.1 Å². The van der Waals surface area contributed by atoms with Crippen LogP contribution in [0.25, 0.3) is 54.6 Å². The predicted molar refractivity (Wildman–Crippen MR) is 185 cm³/mol. The smallest absolute Gasteiger partial charge is 0.118 e. The van der Waals surface area contributed by atoms with E-state index < -0.39 is 0 Å². The van der Waals surface area contributed by atoms with Crippen molar-refractivity contribution in [1.82, 2.24) is 0 Å². The molecule has 1 fully saturated rings. The molecule has 214 valence electrons. The van der Waals surface area contributed by atoms with Crippen LogP contribution in [0.2, 0.25) is 0 Å². The van der Waals surface area contributed by atoms with E-state index in [2.05, 4.69) is 139 Å². The molecule has 2 atom stereocenters. The van der Waals surface area contributed by atoms with E-state index in [1.54, 1.807) is 0 Å². The van der Waals surface area contributed by atoms with Crippen LogP contribution < -0.4 is 4.90 Å². The van der Waals surface area contributed by atoms with Crippen molar-refractivity contribution in [3.05, 3.63) is 133 Å². The van der Waals surface area contributed by atoms with Gasteiger partial charge in [0.15, 0.2) is 0 Å². The highest BCUT2D eigenvalue weighted by Gasteiger charge is 2.61. The fourth-order valence-corrected chi connectivity index (χ4v) is 8.87. The van der Waals surface area contributed by atoms with Gasteiger partial charge in [0.2, 0.25) is 0 Å². The first kappa shape index (κ1) is 25.8. The van der Waals surface area contributed by atoms with E-state index in [0.29, 0.717) is 0 Å². The molecule has 1 aliphatic heterocycles. The van der Waals surface area contributed by atoms with Crippen LogP contribution in [-0.4, -0.2) is 12.6 Å². The third-order valence-electron chi connectivity index (χ3n) is 10.9. The lowest BCUT2D eigenvalue weighted by Gasteiger charge is -2.50. The SMILES string of the molecule is COC12CCCCC1(C)N(c1ccccc1)c1ccc(-c3ccc4ccc5c(-c6ccccc6)ccc6ccc3c4c65)cc12. The number of hydrogen-bond acceptors (Lipinski definition) is 2. The zero-order valence-corrected chi connectivity index (χ0v) is 25.3. The number of anilines is 2. The van der Waals surface area contributed by atoms with E-state index in [9.17, 15) is 0 Å². The van der Waals surface area contributed by atoms with Gasteiger partial charge in [-0.15, -0.1) is 0 Å². The molecule has 0 saturated heterocycles. The lowest BCUT2D eigenvalue weighted by molar-refractivity contribution is -0.0871. The van der Waals surface area contributed by atoms with Gasteiger partial charge in [-0.25, -0.2) is 0 Å². The summed E-state index contributed by atoms with van der Waals surface area (Å²) in [7, 11) is 1.93. The van der Waals surface area contributed by atoms with Gasteiger partial charge in [0.05, 0.1) is 5.54 Å². The summed E-state index contributed by atoms with van der Waals surface area (Å²) in [6.45, 7) is 2.42. The van der Waals surface area contributed by atoms with Crippen LogP contribution in [0.1, 0.15) is 38.2 Å². The molecule has 7 aromatic rings. The van der Waals surface area contributed by atoms with Crippen molar-refractivity contribution in [2.24, 2.45) is 0 Å². The molecule has 1 heterocycles. The Labute approximate surface area is 258 Å². The Kier molecular flexibility index (Phi) is 5.52. The average Bonchev–Trinajstić information content (AvgIpc) is 3.32. The monoisotopic (exact) mass is 569 g/mol. The second-order valence-electron chi connectivity index (χ2n) is 12.9. The van der Waals surface area contributed by atoms with Gasteiger partial charge < -0.3 is 9.64 Å². The summed E-state index contributed by atoms with van der Waals surface area (Å²) in [5, 5.41) is 7.91. The van der Waals surface area contributed by atoms with Crippen molar-refractivity contribution < 1.29 is 4.74 Å². The Morgan fingerprint density at radius 1 is 0.591 bits per heavy atom. The Balaban J connectivity index is 1.28. The fraction of sp³-hybridized carbons (Fsp3) is 0.190. The molecule has 2 heteroatoms. The number of fused-ring (bicyclic) bond motifs is 3. The van der Waals surface area contributed by atoms with Gasteiger partial charge >= 0.3 is 0 Å². The van der Waals surface area contributed by atoms with Gasteiger partial charge in [-0.1, -0.05) is 116 Å². The molecule has 0 spiro atoms. The van der Waals surface area contributed by atoms with Gasteiger partial charge in [0, 0.05) is 24.0 Å². The van der Waals surface area contributed by atoms with Crippen LogP contribution in [0.5, 0.6) is 0 Å². The van der Waals surface area contributed by atoms with E-state index in [4.69, 9.17) is 4.74 Å². The minimum atomic E-state index is -0.360. The van der Waals surface area contributed by atoms with E-state index in [1.165, 1.54) is 84.4 Å². The highest BCUT2D eigenvalue weighted by Crippen LogP contribution is 2.61. The summed E-state index contributed by atoms with van der Waals surface area (Å²) < 4.78 is 6.67. The number of nitrogens with zero attached hydrogens (tertiary/aromatic N) is 1. The van der Waals surface area contributed by atoms with Crippen LogP contribution in [0.3, 0.4) is 0 Å². The lowest BCUT2D eigenvalue weighted by atomic mass is 9.68. The van der Waals surface area contributed by atoms with Crippen molar-refractivity contribution in [2.45, 2.75) is 43.7 Å². The molecule has 44 heavy (non-hydrogen) atoms. The molecule has 1 aliphatic carbocycles. The normalized spacial score (nSPS) is 21.3. The highest BCUT2D eigenvalue weighted by molar-refractivity contribution is 6.27. The maximum Gasteiger partial charge on any atom is 0.118 e. The third-order valence-corrected chi connectivity index (χ3v) is 10.9. The number of ether oxygens (including phenoxy) is 1. The summed E-state index contributed by atoms with van der Waals surface area (Å²) in [5.41, 5.74) is 8.40. The number of para-hydroxylation sites is 1. The molecule has 0 aromatic heterocycles. The van der Waals surface area contributed by atoms with Gasteiger partial charge in [-0.2, -0.15) is 0 Å². The molecule has 7 aromatic carbocycles. The molecule has 0 N–H and O–H groups in total. The fourth-order valence-electron chi connectivity index (χ4n) is 8.87. The summed E-state index contributed by atoms with van der Waals surface area (Å²) in [4.78, 5) is 2.57.